The molecule has 148 valence electrons. The Morgan fingerprint density at radius 1 is 1.15 bits per heavy atom. The van der Waals surface area contributed by atoms with Crippen LogP contribution < -0.4 is 15.4 Å². The molecule has 2 N–H and O–H groups in total. The summed E-state index contributed by atoms with van der Waals surface area (Å²) in [7, 11) is 1.72. The number of methoxy groups -OCH3 is 1. The van der Waals surface area contributed by atoms with E-state index in [0.717, 1.165) is 29.2 Å². The molecule has 0 radical (unpaired) electrons. The second-order valence-electron chi connectivity index (χ2n) is 8.52. The van der Waals surface area contributed by atoms with Crippen molar-refractivity contribution in [3.05, 3.63) is 29.8 Å². The van der Waals surface area contributed by atoms with Crippen LogP contribution in [0.3, 0.4) is 0 Å². The maximum absolute atomic E-state index is 5.65. The minimum Gasteiger partial charge on any atom is -0.497 e. The fraction of sp³-hybridized carbons (Fsp3) is 0.682. The zero-order valence-corrected chi connectivity index (χ0v) is 17.3. The number of likely N-dealkylation sites (tertiary alicyclic amines) is 1. The minimum absolute atomic E-state index is 0.357. The fourth-order valence-corrected chi connectivity index (χ4v) is 5.58. The Morgan fingerprint density at radius 2 is 1.93 bits per heavy atom. The van der Waals surface area contributed by atoms with Crippen LogP contribution >= 0.6 is 12.2 Å². The molecule has 4 rings (SSSR count). The van der Waals surface area contributed by atoms with Crippen LogP contribution in [0.2, 0.25) is 0 Å². The average molecular weight is 388 g/mol. The third kappa shape index (κ3) is 4.57. The number of ether oxygens (including phenoxy) is 1. The van der Waals surface area contributed by atoms with Crippen LogP contribution in [0.25, 0.3) is 0 Å². The first-order chi connectivity index (χ1) is 13.2. The number of nitrogens with zero attached hydrogens (tertiary/aromatic N) is 1. The number of rotatable bonds is 6. The molecule has 1 heterocycles. The standard InChI is InChI=1S/C22H33N3OS/c1-26-19-9-7-17(8-10-19)21(25-11-3-2-4-12-25)15-23-22(27)24-20-14-16-5-6-18(20)13-16/h7-10,16,18,20-21H,2-6,11-15H2,1H3,(H2,23,24,27)/t16-,18-,20+,21-/m0/s1. The Labute approximate surface area is 169 Å². The van der Waals surface area contributed by atoms with E-state index in [4.69, 9.17) is 17.0 Å². The normalized spacial score (nSPS) is 28.7. The Hall–Kier alpha value is -1.33. The summed E-state index contributed by atoms with van der Waals surface area (Å²) in [6.07, 6.45) is 9.46. The summed E-state index contributed by atoms with van der Waals surface area (Å²) in [4.78, 5) is 2.61. The Kier molecular flexibility index (Phi) is 6.18. The van der Waals surface area contributed by atoms with Crippen molar-refractivity contribution in [2.75, 3.05) is 26.7 Å². The van der Waals surface area contributed by atoms with Gasteiger partial charge in [-0.05, 0) is 86.9 Å². The van der Waals surface area contributed by atoms with Crippen LogP contribution in [0.15, 0.2) is 24.3 Å². The lowest BCUT2D eigenvalue weighted by Gasteiger charge is -2.35. The lowest BCUT2D eigenvalue weighted by Crippen LogP contribution is -2.47. The van der Waals surface area contributed by atoms with E-state index in [-0.39, 0.29) is 0 Å². The summed E-state index contributed by atoms with van der Waals surface area (Å²) in [5.41, 5.74) is 1.34. The van der Waals surface area contributed by atoms with Crippen molar-refractivity contribution in [1.82, 2.24) is 15.5 Å². The highest BCUT2D eigenvalue weighted by molar-refractivity contribution is 7.80. The monoisotopic (exact) mass is 387 g/mol. The smallest absolute Gasteiger partial charge is 0.166 e. The molecule has 2 bridgehead atoms. The van der Waals surface area contributed by atoms with E-state index in [0.29, 0.717) is 12.1 Å². The highest BCUT2D eigenvalue weighted by Crippen LogP contribution is 2.44. The molecule has 2 aliphatic carbocycles. The lowest BCUT2D eigenvalue weighted by atomic mass is 9.95. The topological polar surface area (TPSA) is 36.5 Å². The van der Waals surface area contributed by atoms with Crippen LogP contribution in [-0.4, -0.2) is 42.8 Å². The predicted octanol–water partition coefficient (Wildman–Crippen LogP) is 3.87. The Bertz CT molecular complexity index is 629. The van der Waals surface area contributed by atoms with Crippen molar-refractivity contribution in [3.8, 4) is 5.75 Å². The van der Waals surface area contributed by atoms with Crippen molar-refractivity contribution in [2.24, 2.45) is 11.8 Å². The first kappa shape index (κ1) is 19.0. The Morgan fingerprint density at radius 3 is 2.56 bits per heavy atom. The summed E-state index contributed by atoms with van der Waals surface area (Å²) >= 11 is 5.65. The van der Waals surface area contributed by atoms with E-state index in [1.165, 1.54) is 63.6 Å². The van der Waals surface area contributed by atoms with E-state index in [1.54, 1.807) is 7.11 Å². The maximum atomic E-state index is 5.65. The van der Waals surface area contributed by atoms with Gasteiger partial charge in [0.15, 0.2) is 5.11 Å². The number of nitrogens with one attached hydrogen (secondary N) is 2. The van der Waals surface area contributed by atoms with E-state index < -0.39 is 0 Å². The molecule has 2 saturated carbocycles. The summed E-state index contributed by atoms with van der Waals surface area (Å²) in [6.45, 7) is 3.20. The highest BCUT2D eigenvalue weighted by atomic mass is 32.1. The van der Waals surface area contributed by atoms with E-state index in [9.17, 15) is 0 Å². The van der Waals surface area contributed by atoms with Crippen molar-refractivity contribution in [3.63, 3.8) is 0 Å². The highest BCUT2D eigenvalue weighted by Gasteiger charge is 2.39. The van der Waals surface area contributed by atoms with E-state index in [1.807, 2.05) is 0 Å². The van der Waals surface area contributed by atoms with Crippen LogP contribution in [0.5, 0.6) is 5.75 Å². The van der Waals surface area contributed by atoms with Crippen molar-refractivity contribution >= 4 is 17.3 Å². The van der Waals surface area contributed by atoms with Crippen molar-refractivity contribution in [1.29, 1.82) is 0 Å². The van der Waals surface area contributed by atoms with Crippen molar-refractivity contribution in [2.45, 2.75) is 57.0 Å². The van der Waals surface area contributed by atoms with Crippen LogP contribution in [-0.2, 0) is 0 Å². The predicted molar refractivity (Wildman–Crippen MR) is 114 cm³/mol. The van der Waals surface area contributed by atoms with Gasteiger partial charge in [0.1, 0.15) is 5.75 Å². The molecule has 5 heteroatoms. The second-order valence-corrected chi connectivity index (χ2v) is 8.93. The Balaban J connectivity index is 1.36. The molecular formula is C22H33N3OS. The molecule has 1 aromatic carbocycles. The van der Waals surface area contributed by atoms with E-state index in [2.05, 4.69) is 39.8 Å². The van der Waals surface area contributed by atoms with Gasteiger partial charge in [-0.3, -0.25) is 4.90 Å². The van der Waals surface area contributed by atoms with Gasteiger partial charge in [0.25, 0.3) is 0 Å². The molecule has 1 saturated heterocycles. The molecular weight excluding hydrogens is 354 g/mol. The molecule has 27 heavy (non-hydrogen) atoms. The lowest BCUT2D eigenvalue weighted by molar-refractivity contribution is 0.164. The molecule has 0 aromatic heterocycles. The van der Waals surface area contributed by atoms with Crippen LogP contribution in [0.1, 0.15) is 56.6 Å². The number of benzene rings is 1. The number of hydrogen-bond donors (Lipinski definition) is 2. The molecule has 0 spiro atoms. The van der Waals surface area contributed by atoms with Gasteiger partial charge in [0, 0.05) is 12.6 Å². The largest absolute Gasteiger partial charge is 0.497 e. The van der Waals surface area contributed by atoms with Gasteiger partial charge in [0.2, 0.25) is 0 Å². The summed E-state index contributed by atoms with van der Waals surface area (Å²) in [5, 5.41) is 8.00. The molecule has 1 aromatic rings. The molecule has 0 amide bonds. The summed E-state index contributed by atoms with van der Waals surface area (Å²) in [5.74, 6) is 2.70. The molecule has 4 atom stereocenters. The number of fused-ring (bicyclic) bond motifs is 2. The minimum atomic E-state index is 0.357. The third-order valence-electron chi connectivity index (χ3n) is 6.84. The maximum Gasteiger partial charge on any atom is 0.166 e. The molecule has 3 fully saturated rings. The second kappa shape index (κ2) is 8.78. The first-order valence-electron chi connectivity index (χ1n) is 10.7. The van der Waals surface area contributed by atoms with Gasteiger partial charge in [0.05, 0.1) is 13.2 Å². The van der Waals surface area contributed by atoms with Gasteiger partial charge >= 0.3 is 0 Å². The number of hydrogen-bond acceptors (Lipinski definition) is 3. The van der Waals surface area contributed by atoms with Gasteiger partial charge in [-0.2, -0.15) is 0 Å². The molecule has 1 aliphatic heterocycles. The van der Waals surface area contributed by atoms with Crippen LogP contribution in [0.4, 0.5) is 0 Å². The molecule has 0 unspecified atom stereocenters. The van der Waals surface area contributed by atoms with E-state index >= 15 is 0 Å². The number of thiocarbonyl (C=S) groups is 1. The van der Waals surface area contributed by atoms with Gasteiger partial charge in [-0.15, -0.1) is 0 Å². The van der Waals surface area contributed by atoms with Crippen LogP contribution in [0, 0.1) is 11.8 Å². The third-order valence-corrected chi connectivity index (χ3v) is 7.10. The zero-order chi connectivity index (χ0) is 18.6. The average Bonchev–Trinajstić information content (AvgIpc) is 3.32. The SMILES string of the molecule is COc1ccc([C@H](CNC(=S)N[C@@H]2C[C@H]3CC[C@H]2C3)N2CCCCC2)cc1. The first-order valence-corrected chi connectivity index (χ1v) is 11.1. The van der Waals surface area contributed by atoms with Gasteiger partial charge < -0.3 is 15.4 Å². The fourth-order valence-electron chi connectivity index (χ4n) is 5.34. The van der Waals surface area contributed by atoms with Gasteiger partial charge in [-0.25, -0.2) is 0 Å². The summed E-state index contributed by atoms with van der Waals surface area (Å²) < 4.78 is 5.33. The molecule has 4 nitrogen and oxygen atoms in total. The quantitative estimate of drug-likeness (QED) is 0.725. The van der Waals surface area contributed by atoms with Gasteiger partial charge in [-0.1, -0.05) is 25.0 Å². The molecule has 3 aliphatic rings. The number of piperidine rings is 1. The summed E-state index contributed by atoms with van der Waals surface area (Å²) in [6, 6.07) is 9.49. The van der Waals surface area contributed by atoms with Crippen molar-refractivity contribution < 1.29 is 4.74 Å². The zero-order valence-electron chi connectivity index (χ0n) is 16.5.